The fraction of sp³-hybridized carbons (Fsp3) is 0.391. The van der Waals surface area contributed by atoms with E-state index in [1.807, 2.05) is 23.3 Å². The Hall–Kier alpha value is -2.18. The van der Waals surface area contributed by atoms with E-state index in [1.54, 1.807) is 43.1 Å². The van der Waals surface area contributed by atoms with Gasteiger partial charge in [-0.1, -0.05) is 35.9 Å². The van der Waals surface area contributed by atoms with E-state index >= 15 is 0 Å². The van der Waals surface area contributed by atoms with Crippen molar-refractivity contribution < 1.29 is 14.3 Å². The minimum absolute atomic E-state index is 0.0273. The number of likely N-dealkylation sites (tertiary alicyclic amines) is 1. The number of hydrogen-bond donors (Lipinski definition) is 1. The zero-order valence-electron chi connectivity index (χ0n) is 17.3. The van der Waals surface area contributed by atoms with E-state index in [9.17, 15) is 9.59 Å². The van der Waals surface area contributed by atoms with Crippen molar-refractivity contribution in [3.63, 3.8) is 0 Å². The Labute approximate surface area is 187 Å². The van der Waals surface area contributed by atoms with Crippen molar-refractivity contribution in [1.29, 1.82) is 0 Å². The molecule has 1 N–H and O–H groups in total. The molecule has 1 saturated heterocycles. The van der Waals surface area contributed by atoms with Crippen molar-refractivity contribution in [1.82, 2.24) is 10.2 Å². The van der Waals surface area contributed by atoms with Crippen LogP contribution in [0.5, 0.6) is 5.75 Å². The van der Waals surface area contributed by atoms with Gasteiger partial charge >= 0.3 is 0 Å². The molecule has 1 fully saturated rings. The molecule has 1 aliphatic heterocycles. The number of nitrogens with zero attached hydrogens (tertiary/aromatic N) is 1. The number of benzene rings is 2. The number of nitrogens with one attached hydrogen (secondary N) is 1. The Kier molecular flexibility index (Phi) is 8.05. The van der Waals surface area contributed by atoms with Crippen LogP contribution >= 0.6 is 23.4 Å². The maximum Gasteiger partial charge on any atom is 0.253 e. The van der Waals surface area contributed by atoms with Gasteiger partial charge in [-0.05, 0) is 54.7 Å². The predicted molar refractivity (Wildman–Crippen MR) is 123 cm³/mol. The second kappa shape index (κ2) is 10.7. The van der Waals surface area contributed by atoms with Gasteiger partial charge in [0.25, 0.3) is 5.91 Å². The smallest absolute Gasteiger partial charge is 0.253 e. The van der Waals surface area contributed by atoms with Crippen molar-refractivity contribution in [2.24, 2.45) is 0 Å². The largest absolute Gasteiger partial charge is 0.497 e. The molecule has 2 aromatic rings. The molecular weight excluding hydrogens is 420 g/mol. The van der Waals surface area contributed by atoms with Gasteiger partial charge in [0, 0.05) is 19.0 Å². The molecule has 2 aromatic carbocycles. The SMILES string of the molecule is COc1ccc(C2CCN(C(=O)C(CCSC)NC(=O)c3ccccc3Cl)C2)cc1. The van der Waals surface area contributed by atoms with E-state index in [0.29, 0.717) is 36.0 Å². The molecule has 0 bridgehead atoms. The Balaban J connectivity index is 1.67. The van der Waals surface area contributed by atoms with Gasteiger partial charge in [0.1, 0.15) is 11.8 Å². The van der Waals surface area contributed by atoms with Crippen LogP contribution in [0.25, 0.3) is 0 Å². The molecule has 7 heteroatoms. The summed E-state index contributed by atoms with van der Waals surface area (Å²) in [4.78, 5) is 27.8. The predicted octanol–water partition coefficient (Wildman–Crippen LogP) is 4.22. The zero-order chi connectivity index (χ0) is 21.5. The highest BCUT2D eigenvalue weighted by molar-refractivity contribution is 7.98. The van der Waals surface area contributed by atoms with E-state index in [2.05, 4.69) is 17.4 Å². The summed E-state index contributed by atoms with van der Waals surface area (Å²) in [6, 6.07) is 14.3. The van der Waals surface area contributed by atoms with Crippen LogP contribution in [0.1, 0.15) is 34.7 Å². The first-order chi connectivity index (χ1) is 14.5. The van der Waals surface area contributed by atoms with Crippen molar-refractivity contribution >= 4 is 35.2 Å². The third-order valence-electron chi connectivity index (χ3n) is 5.42. The van der Waals surface area contributed by atoms with Crippen LogP contribution in [-0.2, 0) is 4.79 Å². The number of carbonyl (C=O) groups is 2. The Morgan fingerprint density at radius 3 is 2.63 bits per heavy atom. The molecule has 160 valence electrons. The third-order valence-corrected chi connectivity index (χ3v) is 6.39. The van der Waals surface area contributed by atoms with E-state index < -0.39 is 6.04 Å². The number of hydrogen-bond acceptors (Lipinski definition) is 4. The molecule has 2 unspecified atom stereocenters. The van der Waals surface area contributed by atoms with Crippen molar-refractivity contribution in [3.8, 4) is 5.75 Å². The van der Waals surface area contributed by atoms with Gasteiger partial charge in [-0.15, -0.1) is 0 Å². The zero-order valence-corrected chi connectivity index (χ0v) is 18.8. The van der Waals surface area contributed by atoms with Gasteiger partial charge in [0.05, 0.1) is 17.7 Å². The van der Waals surface area contributed by atoms with Gasteiger partial charge in [-0.3, -0.25) is 9.59 Å². The average Bonchev–Trinajstić information content (AvgIpc) is 3.26. The van der Waals surface area contributed by atoms with Crippen LogP contribution in [0.3, 0.4) is 0 Å². The lowest BCUT2D eigenvalue weighted by Crippen LogP contribution is -2.48. The van der Waals surface area contributed by atoms with Crippen LogP contribution < -0.4 is 10.1 Å². The third kappa shape index (κ3) is 5.49. The summed E-state index contributed by atoms with van der Waals surface area (Å²) in [5, 5.41) is 3.29. The standard InChI is InChI=1S/C23H27ClN2O3S/c1-29-18-9-7-16(8-10-18)17-11-13-26(15-17)23(28)21(12-14-30-2)25-22(27)19-5-3-4-6-20(19)24/h3-10,17,21H,11-15H2,1-2H3,(H,25,27). The highest BCUT2D eigenvalue weighted by Crippen LogP contribution is 2.29. The molecule has 3 rings (SSSR count). The highest BCUT2D eigenvalue weighted by atomic mass is 35.5. The minimum atomic E-state index is -0.559. The molecule has 0 spiro atoms. The lowest BCUT2D eigenvalue weighted by molar-refractivity contribution is -0.132. The summed E-state index contributed by atoms with van der Waals surface area (Å²) in [5.41, 5.74) is 1.59. The van der Waals surface area contributed by atoms with Gasteiger partial charge < -0.3 is 15.0 Å². The average molecular weight is 447 g/mol. The molecule has 0 saturated carbocycles. The van der Waals surface area contributed by atoms with Gasteiger partial charge in [0.15, 0.2) is 0 Å². The van der Waals surface area contributed by atoms with Gasteiger partial charge in [-0.25, -0.2) is 0 Å². The van der Waals surface area contributed by atoms with Gasteiger partial charge in [-0.2, -0.15) is 11.8 Å². The first-order valence-corrected chi connectivity index (χ1v) is 11.8. The fourth-order valence-electron chi connectivity index (χ4n) is 3.70. The molecule has 30 heavy (non-hydrogen) atoms. The summed E-state index contributed by atoms with van der Waals surface area (Å²) in [7, 11) is 1.65. The molecule has 0 aromatic heterocycles. The number of rotatable bonds is 8. The fourth-order valence-corrected chi connectivity index (χ4v) is 4.40. The lowest BCUT2D eigenvalue weighted by atomic mass is 9.98. The van der Waals surface area contributed by atoms with Crippen molar-refractivity contribution in [2.45, 2.75) is 24.8 Å². The highest BCUT2D eigenvalue weighted by Gasteiger charge is 2.32. The van der Waals surface area contributed by atoms with Crippen LogP contribution in [0.2, 0.25) is 5.02 Å². The molecule has 2 atom stereocenters. The minimum Gasteiger partial charge on any atom is -0.497 e. The number of carbonyl (C=O) groups excluding carboxylic acids is 2. The summed E-state index contributed by atoms with van der Waals surface area (Å²) in [6.45, 7) is 1.34. The molecular formula is C23H27ClN2O3S. The monoisotopic (exact) mass is 446 g/mol. The Morgan fingerprint density at radius 1 is 1.23 bits per heavy atom. The first kappa shape index (κ1) is 22.5. The lowest BCUT2D eigenvalue weighted by Gasteiger charge is -2.24. The van der Waals surface area contributed by atoms with Crippen LogP contribution in [-0.4, -0.2) is 55.0 Å². The molecule has 5 nitrogen and oxygen atoms in total. The summed E-state index contributed by atoms with van der Waals surface area (Å²) < 4.78 is 5.23. The Bertz CT molecular complexity index is 875. The molecule has 0 radical (unpaired) electrons. The Morgan fingerprint density at radius 2 is 1.97 bits per heavy atom. The van der Waals surface area contributed by atoms with E-state index in [4.69, 9.17) is 16.3 Å². The van der Waals surface area contributed by atoms with Crippen LogP contribution in [0.15, 0.2) is 48.5 Å². The molecule has 2 amide bonds. The second-order valence-electron chi connectivity index (χ2n) is 7.33. The van der Waals surface area contributed by atoms with Crippen LogP contribution in [0.4, 0.5) is 0 Å². The molecule has 1 aliphatic rings. The van der Waals surface area contributed by atoms with E-state index in [0.717, 1.165) is 17.9 Å². The number of thioether (sulfide) groups is 1. The maximum atomic E-state index is 13.2. The maximum absolute atomic E-state index is 13.2. The second-order valence-corrected chi connectivity index (χ2v) is 8.72. The summed E-state index contributed by atoms with van der Waals surface area (Å²) in [6.07, 6.45) is 3.48. The normalized spacial score (nSPS) is 16.9. The summed E-state index contributed by atoms with van der Waals surface area (Å²) in [5.74, 6) is 1.56. The summed E-state index contributed by atoms with van der Waals surface area (Å²) >= 11 is 7.81. The van der Waals surface area contributed by atoms with Crippen molar-refractivity contribution in [2.75, 3.05) is 32.2 Å². The van der Waals surface area contributed by atoms with Gasteiger partial charge in [0.2, 0.25) is 5.91 Å². The molecule has 1 heterocycles. The van der Waals surface area contributed by atoms with Crippen molar-refractivity contribution in [3.05, 3.63) is 64.7 Å². The number of amides is 2. The first-order valence-electron chi connectivity index (χ1n) is 10.0. The topological polar surface area (TPSA) is 58.6 Å². The molecule has 0 aliphatic carbocycles. The number of ether oxygens (including phenoxy) is 1. The van der Waals surface area contributed by atoms with E-state index in [1.165, 1.54) is 5.56 Å². The van der Waals surface area contributed by atoms with E-state index in [-0.39, 0.29) is 11.8 Å². The number of halogens is 1. The van der Waals surface area contributed by atoms with Crippen LogP contribution in [0, 0.1) is 0 Å². The quantitative estimate of drug-likeness (QED) is 0.659. The number of methoxy groups -OCH3 is 1.